The highest BCUT2D eigenvalue weighted by Crippen LogP contribution is 2.09. The molecule has 4 heteroatoms. The molecule has 19 heavy (non-hydrogen) atoms. The maximum absolute atomic E-state index is 4.34. The van der Waals surface area contributed by atoms with Gasteiger partial charge in [-0.1, -0.05) is 6.07 Å². The lowest BCUT2D eigenvalue weighted by Crippen LogP contribution is -2.44. The lowest BCUT2D eigenvalue weighted by Gasteiger charge is -2.24. The summed E-state index contributed by atoms with van der Waals surface area (Å²) in [6, 6.07) is 6.57. The van der Waals surface area contributed by atoms with E-state index < -0.39 is 0 Å². The van der Waals surface area contributed by atoms with Crippen molar-refractivity contribution < 1.29 is 0 Å². The fourth-order valence-corrected chi connectivity index (χ4v) is 1.94. The molecule has 0 fully saturated rings. The van der Waals surface area contributed by atoms with Crippen molar-refractivity contribution in [3.63, 3.8) is 0 Å². The average Bonchev–Trinajstić information content (AvgIpc) is 2.76. The predicted octanol–water partition coefficient (Wildman–Crippen LogP) is 2.20. The minimum atomic E-state index is 0.167. The van der Waals surface area contributed by atoms with E-state index in [1.807, 2.05) is 29.0 Å². The molecule has 2 heterocycles. The number of hydrogen-bond acceptors (Lipinski definition) is 3. The molecule has 0 aliphatic carbocycles. The summed E-state index contributed by atoms with van der Waals surface area (Å²) in [5.74, 6) is 0. The van der Waals surface area contributed by atoms with Crippen LogP contribution in [0.4, 0.5) is 0 Å². The second-order valence-corrected chi connectivity index (χ2v) is 6.11. The molecule has 1 atom stereocenters. The minimum Gasteiger partial charge on any atom is -0.311 e. The second kappa shape index (κ2) is 5.72. The summed E-state index contributed by atoms with van der Waals surface area (Å²) in [5.41, 5.74) is 2.58. The van der Waals surface area contributed by atoms with Crippen LogP contribution in [0.25, 0.3) is 5.52 Å². The Hall–Kier alpha value is -1.39. The zero-order valence-electron chi connectivity index (χ0n) is 12.3. The van der Waals surface area contributed by atoms with Gasteiger partial charge in [0.1, 0.15) is 0 Å². The van der Waals surface area contributed by atoms with Gasteiger partial charge in [-0.25, -0.2) is 4.52 Å². The highest BCUT2D eigenvalue weighted by Gasteiger charge is 2.11. The molecule has 0 saturated carbocycles. The number of nitrogens with zero attached hydrogens (tertiary/aromatic N) is 2. The molecule has 0 aliphatic heterocycles. The van der Waals surface area contributed by atoms with Gasteiger partial charge >= 0.3 is 0 Å². The van der Waals surface area contributed by atoms with Gasteiger partial charge in [-0.2, -0.15) is 5.10 Å². The Bertz CT molecular complexity index is 524. The molecule has 0 amide bonds. The highest BCUT2D eigenvalue weighted by molar-refractivity contribution is 5.53. The molecule has 0 aromatic carbocycles. The van der Waals surface area contributed by atoms with E-state index in [1.165, 1.54) is 11.1 Å². The lowest BCUT2D eigenvalue weighted by atomic mass is 10.1. The largest absolute Gasteiger partial charge is 0.311 e. The van der Waals surface area contributed by atoms with Gasteiger partial charge in [-0.05, 0) is 39.8 Å². The van der Waals surface area contributed by atoms with E-state index in [0.29, 0.717) is 6.04 Å². The molecule has 0 bridgehead atoms. The summed E-state index contributed by atoms with van der Waals surface area (Å²) < 4.78 is 1.91. The molecular weight excluding hydrogens is 236 g/mol. The molecule has 0 spiro atoms. The van der Waals surface area contributed by atoms with Crippen molar-refractivity contribution >= 4 is 5.52 Å². The molecule has 2 aromatic rings. The van der Waals surface area contributed by atoms with E-state index in [-0.39, 0.29) is 5.54 Å². The Labute approximate surface area is 115 Å². The SMILES string of the molecule is CC(CNC(C)(C)C)NCc1cnn2ccccc12. The standard InChI is InChI=1S/C15H24N4/c1-12(9-17-15(2,3)4)16-10-13-11-18-19-8-6-5-7-14(13)19/h5-8,11-12,16-17H,9-10H2,1-4H3. The average molecular weight is 260 g/mol. The maximum Gasteiger partial charge on any atom is 0.0706 e. The van der Waals surface area contributed by atoms with Crippen LogP contribution in [0.2, 0.25) is 0 Å². The summed E-state index contributed by atoms with van der Waals surface area (Å²) >= 11 is 0. The molecule has 4 nitrogen and oxygen atoms in total. The van der Waals surface area contributed by atoms with Crippen LogP contribution in [0.3, 0.4) is 0 Å². The van der Waals surface area contributed by atoms with Gasteiger partial charge < -0.3 is 10.6 Å². The van der Waals surface area contributed by atoms with Gasteiger partial charge in [0.2, 0.25) is 0 Å². The van der Waals surface area contributed by atoms with Gasteiger partial charge in [-0.15, -0.1) is 0 Å². The molecule has 0 aliphatic rings. The first-order valence-corrected chi connectivity index (χ1v) is 6.85. The molecule has 104 valence electrons. The highest BCUT2D eigenvalue weighted by atomic mass is 15.2. The number of hydrogen-bond donors (Lipinski definition) is 2. The van der Waals surface area contributed by atoms with Crippen molar-refractivity contribution in [2.75, 3.05) is 6.54 Å². The third kappa shape index (κ3) is 4.04. The number of rotatable bonds is 5. The third-order valence-corrected chi connectivity index (χ3v) is 3.09. The fraction of sp³-hybridized carbons (Fsp3) is 0.533. The normalized spacial score (nSPS) is 13.9. The van der Waals surface area contributed by atoms with Crippen molar-refractivity contribution in [1.82, 2.24) is 20.2 Å². The Morgan fingerprint density at radius 1 is 1.32 bits per heavy atom. The van der Waals surface area contributed by atoms with Crippen LogP contribution < -0.4 is 10.6 Å². The van der Waals surface area contributed by atoms with E-state index in [4.69, 9.17) is 0 Å². The lowest BCUT2D eigenvalue weighted by molar-refractivity contribution is 0.387. The summed E-state index contributed by atoms with van der Waals surface area (Å²) in [4.78, 5) is 0. The van der Waals surface area contributed by atoms with Crippen molar-refractivity contribution in [3.05, 3.63) is 36.2 Å². The number of pyridine rings is 1. The van der Waals surface area contributed by atoms with Crippen molar-refractivity contribution in [1.29, 1.82) is 0 Å². The number of nitrogens with one attached hydrogen (secondary N) is 2. The zero-order valence-corrected chi connectivity index (χ0v) is 12.3. The van der Waals surface area contributed by atoms with E-state index in [2.05, 4.69) is 49.5 Å². The van der Waals surface area contributed by atoms with E-state index in [1.54, 1.807) is 0 Å². The van der Waals surface area contributed by atoms with Crippen LogP contribution in [0, 0.1) is 0 Å². The molecule has 1 unspecified atom stereocenters. The van der Waals surface area contributed by atoms with Gasteiger partial charge in [0.15, 0.2) is 0 Å². The summed E-state index contributed by atoms with van der Waals surface area (Å²) in [6.45, 7) is 10.6. The van der Waals surface area contributed by atoms with E-state index in [9.17, 15) is 0 Å². The third-order valence-electron chi connectivity index (χ3n) is 3.09. The van der Waals surface area contributed by atoms with Gasteiger partial charge in [0.25, 0.3) is 0 Å². The van der Waals surface area contributed by atoms with Crippen LogP contribution in [-0.4, -0.2) is 27.7 Å². The minimum absolute atomic E-state index is 0.167. The molecule has 2 rings (SSSR count). The number of fused-ring (bicyclic) bond motifs is 1. The quantitative estimate of drug-likeness (QED) is 0.866. The van der Waals surface area contributed by atoms with Gasteiger partial charge in [-0.3, -0.25) is 0 Å². The Morgan fingerprint density at radius 3 is 2.84 bits per heavy atom. The molecule has 0 saturated heterocycles. The van der Waals surface area contributed by atoms with Crippen LogP contribution >= 0.6 is 0 Å². The molecule has 2 N–H and O–H groups in total. The fourth-order valence-electron chi connectivity index (χ4n) is 1.94. The van der Waals surface area contributed by atoms with Crippen molar-refractivity contribution in [2.24, 2.45) is 0 Å². The van der Waals surface area contributed by atoms with Gasteiger partial charge in [0, 0.05) is 36.4 Å². The van der Waals surface area contributed by atoms with E-state index in [0.717, 1.165) is 13.1 Å². The molecular formula is C15H24N4. The van der Waals surface area contributed by atoms with Crippen LogP contribution in [-0.2, 0) is 6.54 Å². The predicted molar refractivity (Wildman–Crippen MR) is 79.2 cm³/mol. The van der Waals surface area contributed by atoms with Crippen molar-refractivity contribution in [2.45, 2.75) is 45.8 Å². The second-order valence-electron chi connectivity index (χ2n) is 6.11. The maximum atomic E-state index is 4.34. The topological polar surface area (TPSA) is 41.4 Å². The molecule has 2 aromatic heterocycles. The van der Waals surface area contributed by atoms with E-state index >= 15 is 0 Å². The van der Waals surface area contributed by atoms with Crippen LogP contribution in [0.5, 0.6) is 0 Å². The Balaban J connectivity index is 1.88. The zero-order chi connectivity index (χ0) is 13.9. The van der Waals surface area contributed by atoms with Crippen LogP contribution in [0.15, 0.2) is 30.6 Å². The summed E-state index contributed by atoms with van der Waals surface area (Å²) in [6.07, 6.45) is 3.91. The smallest absolute Gasteiger partial charge is 0.0706 e. The summed E-state index contributed by atoms with van der Waals surface area (Å²) in [5, 5.41) is 11.4. The first-order valence-electron chi connectivity index (χ1n) is 6.85. The Kier molecular flexibility index (Phi) is 4.22. The molecule has 0 radical (unpaired) electrons. The van der Waals surface area contributed by atoms with Crippen LogP contribution in [0.1, 0.15) is 33.3 Å². The monoisotopic (exact) mass is 260 g/mol. The summed E-state index contributed by atoms with van der Waals surface area (Å²) in [7, 11) is 0. The Morgan fingerprint density at radius 2 is 2.11 bits per heavy atom. The van der Waals surface area contributed by atoms with Crippen molar-refractivity contribution in [3.8, 4) is 0 Å². The number of aromatic nitrogens is 2. The first-order chi connectivity index (χ1) is 8.96. The van der Waals surface area contributed by atoms with Gasteiger partial charge in [0.05, 0.1) is 11.7 Å². The first kappa shape index (κ1) is 14.0.